The molecule has 0 saturated carbocycles. The van der Waals surface area contributed by atoms with Gasteiger partial charge in [0.05, 0.1) is 0 Å². The van der Waals surface area contributed by atoms with E-state index in [1.807, 2.05) is 13.1 Å². The van der Waals surface area contributed by atoms with Gasteiger partial charge in [0.25, 0.3) is 0 Å². The van der Waals surface area contributed by atoms with Crippen molar-refractivity contribution in [3.63, 3.8) is 0 Å². The zero-order valence-electron chi connectivity index (χ0n) is 12.8. The first kappa shape index (κ1) is 15.0. The lowest BCUT2D eigenvalue weighted by Crippen LogP contribution is -2.36. The Kier molecular flexibility index (Phi) is 5.17. The summed E-state index contributed by atoms with van der Waals surface area (Å²) in [5.41, 5.74) is 0. The van der Waals surface area contributed by atoms with Gasteiger partial charge in [-0.15, -0.1) is 0 Å². The van der Waals surface area contributed by atoms with Crippen molar-refractivity contribution in [3.8, 4) is 0 Å². The monoisotopic (exact) mass is 278 g/mol. The van der Waals surface area contributed by atoms with Gasteiger partial charge in [0, 0.05) is 38.7 Å². The van der Waals surface area contributed by atoms with Crippen molar-refractivity contribution in [2.45, 2.75) is 39.0 Å². The molecule has 5 nitrogen and oxygen atoms in total. The quantitative estimate of drug-likeness (QED) is 0.865. The number of aliphatic hydroxyl groups is 1. The van der Waals surface area contributed by atoms with E-state index in [-0.39, 0.29) is 6.61 Å². The number of hydrogen-bond acceptors (Lipinski definition) is 5. The maximum absolute atomic E-state index is 9.12. The zero-order valence-corrected chi connectivity index (χ0v) is 12.8. The lowest BCUT2D eigenvalue weighted by Gasteiger charge is -2.33. The molecule has 1 aliphatic heterocycles. The van der Waals surface area contributed by atoms with E-state index in [1.54, 1.807) is 0 Å². The third-order valence-electron chi connectivity index (χ3n) is 3.88. The minimum absolute atomic E-state index is 0.279. The van der Waals surface area contributed by atoms with Crippen LogP contribution in [0.1, 0.15) is 44.9 Å². The normalized spacial score (nSPS) is 19.4. The van der Waals surface area contributed by atoms with E-state index in [0.717, 1.165) is 37.0 Å². The molecule has 1 unspecified atom stereocenters. The highest BCUT2D eigenvalue weighted by molar-refractivity contribution is 5.49. The number of nitrogens with one attached hydrogen (secondary N) is 1. The molecule has 1 atom stereocenters. The van der Waals surface area contributed by atoms with Gasteiger partial charge in [-0.2, -0.15) is 0 Å². The van der Waals surface area contributed by atoms with E-state index in [1.165, 1.54) is 12.8 Å². The van der Waals surface area contributed by atoms with Gasteiger partial charge in [0.1, 0.15) is 17.5 Å². The molecule has 0 bridgehead atoms. The van der Waals surface area contributed by atoms with E-state index in [2.05, 4.69) is 29.0 Å². The van der Waals surface area contributed by atoms with Crippen LogP contribution < -0.4 is 10.2 Å². The Morgan fingerprint density at radius 1 is 1.45 bits per heavy atom. The molecule has 0 aromatic carbocycles. The topological polar surface area (TPSA) is 61.3 Å². The van der Waals surface area contributed by atoms with Gasteiger partial charge in [-0.3, -0.25) is 0 Å². The Labute approximate surface area is 121 Å². The van der Waals surface area contributed by atoms with Crippen LogP contribution in [0.2, 0.25) is 0 Å². The minimum atomic E-state index is 0.279. The number of nitrogens with zero attached hydrogens (tertiary/aromatic N) is 3. The summed E-state index contributed by atoms with van der Waals surface area (Å²) in [7, 11) is 1.89. The van der Waals surface area contributed by atoms with E-state index in [0.29, 0.717) is 11.8 Å². The van der Waals surface area contributed by atoms with E-state index < -0.39 is 0 Å². The average molecular weight is 278 g/mol. The second-order valence-corrected chi connectivity index (χ2v) is 5.84. The van der Waals surface area contributed by atoms with Gasteiger partial charge in [0.15, 0.2) is 0 Å². The molecule has 112 valence electrons. The molecule has 2 heterocycles. The number of anilines is 2. The maximum atomic E-state index is 9.12. The highest BCUT2D eigenvalue weighted by Gasteiger charge is 2.21. The molecule has 0 spiro atoms. The zero-order chi connectivity index (χ0) is 14.5. The summed E-state index contributed by atoms with van der Waals surface area (Å²) in [6.45, 7) is 6.53. The molecule has 20 heavy (non-hydrogen) atoms. The van der Waals surface area contributed by atoms with Gasteiger partial charge < -0.3 is 15.3 Å². The molecule has 2 N–H and O–H groups in total. The van der Waals surface area contributed by atoms with Crippen molar-refractivity contribution in [2.75, 3.05) is 37.0 Å². The van der Waals surface area contributed by atoms with Crippen LogP contribution in [0, 0.1) is 5.92 Å². The lowest BCUT2D eigenvalue weighted by atomic mass is 9.95. The standard InChI is InChI=1S/C15H26N4O/c1-11(2)15-17-13(16-3)9-14(18-15)19-7-4-5-12(10-19)6-8-20/h9,11-12,20H,4-8,10H2,1-3H3,(H,16,17,18). The lowest BCUT2D eigenvalue weighted by molar-refractivity contribution is 0.244. The van der Waals surface area contributed by atoms with Gasteiger partial charge in [-0.05, 0) is 25.2 Å². The maximum Gasteiger partial charge on any atom is 0.135 e. The Morgan fingerprint density at radius 3 is 2.90 bits per heavy atom. The molecule has 1 aliphatic rings. The van der Waals surface area contributed by atoms with Gasteiger partial charge >= 0.3 is 0 Å². The first-order valence-corrected chi connectivity index (χ1v) is 7.56. The molecule has 0 aliphatic carbocycles. The molecule has 0 radical (unpaired) electrons. The van der Waals surface area contributed by atoms with Crippen molar-refractivity contribution in [1.82, 2.24) is 9.97 Å². The van der Waals surface area contributed by atoms with Crippen molar-refractivity contribution >= 4 is 11.6 Å². The second-order valence-electron chi connectivity index (χ2n) is 5.84. The van der Waals surface area contributed by atoms with E-state index in [9.17, 15) is 0 Å². The van der Waals surface area contributed by atoms with Crippen LogP contribution in [0.3, 0.4) is 0 Å². The van der Waals surface area contributed by atoms with Crippen LogP contribution >= 0.6 is 0 Å². The average Bonchev–Trinajstić information content (AvgIpc) is 2.47. The van der Waals surface area contributed by atoms with Crippen molar-refractivity contribution in [3.05, 3.63) is 11.9 Å². The van der Waals surface area contributed by atoms with Crippen LogP contribution in [0.15, 0.2) is 6.07 Å². The summed E-state index contributed by atoms with van der Waals surface area (Å²) in [5.74, 6) is 3.67. The number of aliphatic hydroxyl groups excluding tert-OH is 1. The van der Waals surface area contributed by atoms with Gasteiger partial charge in [-0.1, -0.05) is 13.8 Å². The fourth-order valence-corrected chi connectivity index (χ4v) is 2.69. The Bertz CT molecular complexity index is 434. The largest absolute Gasteiger partial charge is 0.396 e. The van der Waals surface area contributed by atoms with Crippen LogP contribution in [0.25, 0.3) is 0 Å². The number of aromatic nitrogens is 2. The van der Waals surface area contributed by atoms with Crippen LogP contribution in [0.5, 0.6) is 0 Å². The predicted octanol–water partition coefficient (Wildman–Crippen LogP) is 2.24. The fraction of sp³-hybridized carbons (Fsp3) is 0.733. The highest BCUT2D eigenvalue weighted by atomic mass is 16.3. The number of hydrogen-bond donors (Lipinski definition) is 2. The summed E-state index contributed by atoms with van der Waals surface area (Å²) in [6, 6.07) is 2.02. The third-order valence-corrected chi connectivity index (χ3v) is 3.88. The summed E-state index contributed by atoms with van der Waals surface area (Å²) < 4.78 is 0. The second kappa shape index (κ2) is 6.88. The summed E-state index contributed by atoms with van der Waals surface area (Å²) in [4.78, 5) is 11.6. The van der Waals surface area contributed by atoms with Gasteiger partial charge in [0.2, 0.25) is 0 Å². The Balaban J connectivity index is 2.20. The predicted molar refractivity (Wildman–Crippen MR) is 82.3 cm³/mol. The third kappa shape index (κ3) is 3.60. The SMILES string of the molecule is CNc1cc(N2CCCC(CCO)C2)nc(C(C)C)n1. The van der Waals surface area contributed by atoms with Crippen LogP contribution in [-0.4, -0.2) is 41.8 Å². The van der Waals surface area contributed by atoms with Crippen LogP contribution in [-0.2, 0) is 0 Å². The highest BCUT2D eigenvalue weighted by Crippen LogP contribution is 2.26. The first-order valence-electron chi connectivity index (χ1n) is 7.56. The fourth-order valence-electron chi connectivity index (χ4n) is 2.69. The van der Waals surface area contributed by atoms with Crippen molar-refractivity contribution in [2.24, 2.45) is 5.92 Å². The molecule has 1 fully saturated rings. The van der Waals surface area contributed by atoms with Gasteiger partial charge in [-0.25, -0.2) is 9.97 Å². The number of rotatable bonds is 5. The Morgan fingerprint density at radius 2 is 2.25 bits per heavy atom. The molecule has 1 aromatic heterocycles. The number of piperidine rings is 1. The van der Waals surface area contributed by atoms with E-state index in [4.69, 9.17) is 10.1 Å². The van der Waals surface area contributed by atoms with Crippen molar-refractivity contribution in [1.29, 1.82) is 0 Å². The minimum Gasteiger partial charge on any atom is -0.396 e. The summed E-state index contributed by atoms with van der Waals surface area (Å²) in [6.07, 6.45) is 3.26. The smallest absolute Gasteiger partial charge is 0.135 e. The molecule has 5 heteroatoms. The molecule has 2 rings (SSSR count). The summed E-state index contributed by atoms with van der Waals surface area (Å²) >= 11 is 0. The first-order chi connectivity index (χ1) is 9.63. The summed E-state index contributed by atoms with van der Waals surface area (Å²) in [5, 5.41) is 12.2. The molecule has 1 aromatic rings. The molecule has 0 amide bonds. The van der Waals surface area contributed by atoms with Crippen molar-refractivity contribution < 1.29 is 5.11 Å². The molecular weight excluding hydrogens is 252 g/mol. The van der Waals surface area contributed by atoms with Crippen LogP contribution in [0.4, 0.5) is 11.6 Å². The Hall–Kier alpha value is -1.36. The molecular formula is C15H26N4O. The van der Waals surface area contributed by atoms with E-state index >= 15 is 0 Å². The molecule has 1 saturated heterocycles.